The number of carbonyl (C=O) groups is 1. The van der Waals surface area contributed by atoms with Crippen molar-refractivity contribution in [1.82, 2.24) is 5.32 Å². The largest absolute Gasteiger partial charge is 0.376 e. The van der Waals surface area contributed by atoms with Gasteiger partial charge in [-0.3, -0.25) is 9.52 Å². The van der Waals surface area contributed by atoms with Gasteiger partial charge in [-0.05, 0) is 43.2 Å². The number of amides is 1. The van der Waals surface area contributed by atoms with Gasteiger partial charge in [-0.1, -0.05) is 29.8 Å². The third-order valence-corrected chi connectivity index (χ3v) is 5.76. The number of ether oxygens (including phenoxy) is 1. The highest BCUT2D eigenvalue weighted by atomic mass is 35.5. The van der Waals surface area contributed by atoms with Crippen LogP contribution in [0.2, 0.25) is 5.02 Å². The maximum atomic E-state index is 12.4. The lowest BCUT2D eigenvalue weighted by Gasteiger charge is -2.13. The SMILES string of the molecule is O=C(NCC1CCCO1)c1cc(NS(=O)(=O)c2ccccc2)ccc1Cl. The molecule has 2 N–H and O–H groups in total. The summed E-state index contributed by atoms with van der Waals surface area (Å²) in [5.74, 6) is -0.369. The van der Waals surface area contributed by atoms with E-state index in [-0.39, 0.29) is 33.2 Å². The average molecular weight is 395 g/mol. The molecule has 1 heterocycles. The molecule has 1 unspecified atom stereocenters. The van der Waals surface area contributed by atoms with Crippen molar-refractivity contribution in [3.8, 4) is 0 Å². The summed E-state index contributed by atoms with van der Waals surface area (Å²) in [6.45, 7) is 1.10. The molecule has 1 saturated heterocycles. The number of benzene rings is 2. The number of hydrogen-bond donors (Lipinski definition) is 2. The van der Waals surface area contributed by atoms with Crippen LogP contribution in [0.15, 0.2) is 53.4 Å². The van der Waals surface area contributed by atoms with Crippen molar-refractivity contribution in [2.45, 2.75) is 23.8 Å². The number of halogens is 1. The summed E-state index contributed by atoms with van der Waals surface area (Å²) < 4.78 is 32.7. The third kappa shape index (κ3) is 4.55. The molecule has 2 aromatic carbocycles. The molecule has 0 bridgehead atoms. The highest BCUT2D eigenvalue weighted by molar-refractivity contribution is 7.92. The van der Waals surface area contributed by atoms with Crippen LogP contribution in [0.4, 0.5) is 5.69 Å². The minimum absolute atomic E-state index is 0.0116. The Morgan fingerprint density at radius 1 is 1.19 bits per heavy atom. The van der Waals surface area contributed by atoms with Crippen LogP contribution in [0.1, 0.15) is 23.2 Å². The van der Waals surface area contributed by atoms with Crippen molar-refractivity contribution < 1.29 is 17.9 Å². The summed E-state index contributed by atoms with van der Waals surface area (Å²) in [4.78, 5) is 12.5. The molecule has 0 aromatic heterocycles. The Labute approximate surface area is 157 Å². The van der Waals surface area contributed by atoms with Crippen molar-refractivity contribution in [3.63, 3.8) is 0 Å². The van der Waals surface area contributed by atoms with E-state index >= 15 is 0 Å². The zero-order chi connectivity index (χ0) is 18.6. The number of anilines is 1. The van der Waals surface area contributed by atoms with Crippen LogP contribution in [0.3, 0.4) is 0 Å². The second kappa shape index (κ2) is 8.07. The minimum Gasteiger partial charge on any atom is -0.376 e. The summed E-state index contributed by atoms with van der Waals surface area (Å²) in [5.41, 5.74) is 0.471. The maximum absolute atomic E-state index is 12.4. The molecule has 8 heteroatoms. The Morgan fingerprint density at radius 3 is 2.65 bits per heavy atom. The Kier molecular flexibility index (Phi) is 5.80. The highest BCUT2D eigenvalue weighted by Crippen LogP contribution is 2.23. The van der Waals surface area contributed by atoms with Crippen LogP contribution in [-0.4, -0.2) is 33.6 Å². The smallest absolute Gasteiger partial charge is 0.261 e. The molecule has 1 aliphatic heterocycles. The number of rotatable bonds is 6. The highest BCUT2D eigenvalue weighted by Gasteiger charge is 2.19. The number of carbonyl (C=O) groups excluding carboxylic acids is 1. The second-order valence-electron chi connectivity index (χ2n) is 5.96. The second-order valence-corrected chi connectivity index (χ2v) is 8.05. The van der Waals surface area contributed by atoms with Gasteiger partial charge < -0.3 is 10.1 Å². The lowest BCUT2D eigenvalue weighted by molar-refractivity contribution is 0.0858. The van der Waals surface area contributed by atoms with E-state index in [1.165, 1.54) is 30.3 Å². The van der Waals surface area contributed by atoms with E-state index in [0.29, 0.717) is 13.2 Å². The van der Waals surface area contributed by atoms with Gasteiger partial charge in [0.05, 0.1) is 21.6 Å². The normalized spacial score (nSPS) is 17.0. The van der Waals surface area contributed by atoms with Crippen LogP contribution < -0.4 is 10.0 Å². The molecule has 0 saturated carbocycles. The summed E-state index contributed by atoms with van der Waals surface area (Å²) in [7, 11) is -3.74. The minimum atomic E-state index is -3.74. The third-order valence-electron chi connectivity index (χ3n) is 4.03. The topological polar surface area (TPSA) is 84.5 Å². The summed E-state index contributed by atoms with van der Waals surface area (Å²) >= 11 is 6.11. The Bertz CT molecular complexity index is 881. The number of nitrogens with one attached hydrogen (secondary N) is 2. The van der Waals surface area contributed by atoms with E-state index in [1.54, 1.807) is 18.2 Å². The molecule has 138 valence electrons. The van der Waals surface area contributed by atoms with Crippen molar-refractivity contribution in [2.75, 3.05) is 17.9 Å². The predicted octanol–water partition coefficient (Wildman–Crippen LogP) is 3.05. The van der Waals surface area contributed by atoms with Gasteiger partial charge >= 0.3 is 0 Å². The molecule has 1 fully saturated rings. The van der Waals surface area contributed by atoms with E-state index in [0.717, 1.165) is 12.8 Å². The number of hydrogen-bond acceptors (Lipinski definition) is 4. The zero-order valence-electron chi connectivity index (χ0n) is 13.9. The maximum Gasteiger partial charge on any atom is 0.261 e. The van der Waals surface area contributed by atoms with Crippen molar-refractivity contribution in [3.05, 3.63) is 59.1 Å². The molecule has 6 nitrogen and oxygen atoms in total. The summed E-state index contributed by atoms with van der Waals surface area (Å²) in [5, 5.41) is 3.03. The quantitative estimate of drug-likeness (QED) is 0.788. The Morgan fingerprint density at radius 2 is 1.96 bits per heavy atom. The first kappa shape index (κ1) is 18.7. The average Bonchev–Trinajstić information content (AvgIpc) is 3.15. The van der Waals surface area contributed by atoms with Gasteiger partial charge in [-0.25, -0.2) is 8.42 Å². The molecule has 1 amide bonds. The molecule has 26 heavy (non-hydrogen) atoms. The molecule has 3 rings (SSSR count). The molecule has 2 aromatic rings. The Balaban J connectivity index is 1.73. The molecule has 0 spiro atoms. The van der Waals surface area contributed by atoms with Crippen molar-refractivity contribution in [2.24, 2.45) is 0 Å². The molecule has 0 aliphatic carbocycles. The first-order valence-corrected chi connectivity index (χ1v) is 10.1. The van der Waals surface area contributed by atoms with Gasteiger partial charge in [0, 0.05) is 18.8 Å². The molecular formula is C18H19ClN2O4S. The first-order valence-electron chi connectivity index (χ1n) is 8.23. The molecular weight excluding hydrogens is 376 g/mol. The fourth-order valence-electron chi connectivity index (χ4n) is 2.68. The molecule has 0 radical (unpaired) electrons. The van der Waals surface area contributed by atoms with Crippen LogP contribution in [0.25, 0.3) is 0 Å². The lowest BCUT2D eigenvalue weighted by atomic mass is 10.2. The summed E-state index contributed by atoms with van der Waals surface area (Å²) in [6.07, 6.45) is 1.90. The first-order chi connectivity index (χ1) is 12.5. The van der Waals surface area contributed by atoms with Gasteiger partial charge in [-0.2, -0.15) is 0 Å². The van der Waals surface area contributed by atoms with Gasteiger partial charge in [0.1, 0.15) is 0 Å². The van der Waals surface area contributed by atoms with Crippen molar-refractivity contribution in [1.29, 1.82) is 0 Å². The predicted molar refractivity (Wildman–Crippen MR) is 100 cm³/mol. The number of sulfonamides is 1. The molecule has 1 atom stereocenters. The van der Waals surface area contributed by atoms with Crippen LogP contribution in [0.5, 0.6) is 0 Å². The van der Waals surface area contributed by atoms with E-state index in [1.807, 2.05) is 0 Å². The standard InChI is InChI=1S/C18H19ClN2O4S/c19-17-9-8-13(21-26(23,24)15-6-2-1-3-7-15)11-16(17)18(22)20-12-14-5-4-10-25-14/h1-3,6-9,11,14,21H,4-5,10,12H2,(H,20,22). The van der Waals surface area contributed by atoms with E-state index in [9.17, 15) is 13.2 Å². The van der Waals surface area contributed by atoms with Crippen LogP contribution in [0, 0.1) is 0 Å². The molecule has 1 aliphatic rings. The monoisotopic (exact) mass is 394 g/mol. The van der Waals surface area contributed by atoms with Gasteiger partial charge in [0.25, 0.3) is 15.9 Å². The van der Waals surface area contributed by atoms with Gasteiger partial charge in [-0.15, -0.1) is 0 Å². The zero-order valence-corrected chi connectivity index (χ0v) is 15.5. The van der Waals surface area contributed by atoms with Crippen LogP contribution in [-0.2, 0) is 14.8 Å². The Hall–Kier alpha value is -2.09. The fourth-order valence-corrected chi connectivity index (χ4v) is 3.96. The van der Waals surface area contributed by atoms with E-state index in [4.69, 9.17) is 16.3 Å². The van der Waals surface area contributed by atoms with Gasteiger partial charge in [0.15, 0.2) is 0 Å². The van der Waals surface area contributed by atoms with E-state index < -0.39 is 10.0 Å². The van der Waals surface area contributed by atoms with Crippen molar-refractivity contribution >= 4 is 33.2 Å². The van der Waals surface area contributed by atoms with Gasteiger partial charge in [0.2, 0.25) is 0 Å². The lowest BCUT2D eigenvalue weighted by Crippen LogP contribution is -2.32. The fraction of sp³-hybridized carbons (Fsp3) is 0.278. The summed E-state index contributed by atoms with van der Waals surface area (Å²) in [6, 6.07) is 12.4. The van der Waals surface area contributed by atoms with E-state index in [2.05, 4.69) is 10.0 Å². The van der Waals surface area contributed by atoms with Crippen LogP contribution >= 0.6 is 11.6 Å².